The molecule has 0 unspecified atom stereocenters. The Balaban J connectivity index is 1.52. The molecule has 0 amide bonds. The lowest BCUT2D eigenvalue weighted by Gasteiger charge is -2.15. The number of aromatic nitrogens is 6. The van der Waals surface area contributed by atoms with E-state index in [0.717, 1.165) is 5.56 Å². The van der Waals surface area contributed by atoms with E-state index in [0.29, 0.717) is 17.3 Å². The van der Waals surface area contributed by atoms with Crippen LogP contribution in [0.15, 0.2) is 65.7 Å². The van der Waals surface area contributed by atoms with Gasteiger partial charge in [0, 0.05) is 6.42 Å². The molecule has 0 aliphatic heterocycles. The second kappa shape index (κ2) is 7.78. The van der Waals surface area contributed by atoms with Gasteiger partial charge in [0.25, 0.3) is 5.56 Å². The number of rotatable bonds is 6. The molecule has 9 nitrogen and oxygen atoms in total. The van der Waals surface area contributed by atoms with E-state index in [1.807, 2.05) is 30.3 Å². The van der Waals surface area contributed by atoms with Crippen molar-refractivity contribution in [3.63, 3.8) is 0 Å². The van der Waals surface area contributed by atoms with Gasteiger partial charge in [-0.25, -0.2) is 14.5 Å². The Morgan fingerprint density at radius 2 is 1.89 bits per heavy atom. The average molecular weight is 376 g/mol. The molecule has 1 atom stereocenters. The van der Waals surface area contributed by atoms with Crippen LogP contribution in [0.5, 0.6) is 0 Å². The molecule has 140 valence electrons. The average Bonchev–Trinajstić information content (AvgIpc) is 3.25. The fourth-order valence-corrected chi connectivity index (χ4v) is 2.87. The first-order valence-corrected chi connectivity index (χ1v) is 8.61. The van der Waals surface area contributed by atoms with Gasteiger partial charge in [-0.3, -0.25) is 4.79 Å². The number of carbonyl (C=O) groups excluding carboxylic acids is 1. The normalized spacial score (nSPS) is 12.0. The number of fused-ring (bicyclic) bond motifs is 1. The molecule has 4 aromatic rings. The quantitative estimate of drug-likeness (QED) is 0.506. The number of tetrazole rings is 1. The molecule has 0 radical (unpaired) electrons. The predicted octanol–water partition coefficient (Wildman–Crippen LogP) is 1.44. The molecule has 2 aromatic heterocycles. The van der Waals surface area contributed by atoms with Crippen LogP contribution in [0.1, 0.15) is 17.4 Å². The van der Waals surface area contributed by atoms with E-state index in [9.17, 15) is 9.59 Å². The zero-order chi connectivity index (χ0) is 19.3. The maximum atomic E-state index is 12.7. The Bertz CT molecular complexity index is 1140. The third-order valence-corrected chi connectivity index (χ3v) is 4.24. The predicted molar refractivity (Wildman–Crippen MR) is 99.2 cm³/mol. The summed E-state index contributed by atoms with van der Waals surface area (Å²) >= 11 is 0. The summed E-state index contributed by atoms with van der Waals surface area (Å²) in [4.78, 5) is 31.8. The van der Waals surface area contributed by atoms with Crippen molar-refractivity contribution in [2.24, 2.45) is 0 Å². The number of aromatic amines is 1. The van der Waals surface area contributed by atoms with Gasteiger partial charge in [-0.1, -0.05) is 42.5 Å². The van der Waals surface area contributed by atoms with Crippen LogP contribution in [0.3, 0.4) is 0 Å². The summed E-state index contributed by atoms with van der Waals surface area (Å²) in [6.45, 7) is -0.160. The maximum absolute atomic E-state index is 12.7. The van der Waals surface area contributed by atoms with Crippen molar-refractivity contribution in [3.05, 3.63) is 82.7 Å². The van der Waals surface area contributed by atoms with Crippen LogP contribution in [0, 0.1) is 0 Å². The molecule has 4 rings (SSSR count). The molecule has 1 N–H and O–H groups in total. The Labute approximate surface area is 159 Å². The van der Waals surface area contributed by atoms with Gasteiger partial charge < -0.3 is 9.72 Å². The summed E-state index contributed by atoms with van der Waals surface area (Å²) in [5.74, 6) is -0.251. The van der Waals surface area contributed by atoms with Crippen molar-refractivity contribution >= 4 is 16.9 Å². The number of carbonyl (C=O) groups is 1. The molecule has 0 aliphatic carbocycles. The Morgan fingerprint density at radius 1 is 1.11 bits per heavy atom. The number of esters is 1. The van der Waals surface area contributed by atoms with Gasteiger partial charge in [0.15, 0.2) is 6.04 Å². The Kier molecular flexibility index (Phi) is 4.87. The maximum Gasteiger partial charge on any atom is 0.331 e. The monoisotopic (exact) mass is 376 g/mol. The molecule has 28 heavy (non-hydrogen) atoms. The zero-order valence-corrected chi connectivity index (χ0v) is 14.7. The number of para-hydroxylation sites is 1. The minimum Gasteiger partial charge on any atom is -0.456 e. The Morgan fingerprint density at radius 3 is 2.68 bits per heavy atom. The van der Waals surface area contributed by atoms with Gasteiger partial charge in [0.1, 0.15) is 18.8 Å². The number of hydrogen-bond donors (Lipinski definition) is 1. The number of hydrogen-bond acceptors (Lipinski definition) is 7. The molecule has 0 fully saturated rings. The van der Waals surface area contributed by atoms with Gasteiger partial charge in [-0.15, -0.1) is 5.10 Å². The van der Waals surface area contributed by atoms with E-state index < -0.39 is 12.0 Å². The topological polar surface area (TPSA) is 116 Å². The molecule has 2 aromatic carbocycles. The summed E-state index contributed by atoms with van der Waals surface area (Å²) in [6.07, 6.45) is 1.73. The summed E-state index contributed by atoms with van der Waals surface area (Å²) in [5.41, 5.74) is 1.20. The number of ether oxygens (including phenoxy) is 1. The van der Waals surface area contributed by atoms with Gasteiger partial charge >= 0.3 is 5.97 Å². The molecule has 0 spiro atoms. The summed E-state index contributed by atoms with van der Waals surface area (Å²) in [7, 11) is 0. The first-order valence-electron chi connectivity index (χ1n) is 8.61. The van der Waals surface area contributed by atoms with Gasteiger partial charge in [0.2, 0.25) is 0 Å². The van der Waals surface area contributed by atoms with E-state index in [4.69, 9.17) is 4.74 Å². The highest BCUT2D eigenvalue weighted by molar-refractivity contribution is 5.77. The van der Waals surface area contributed by atoms with Gasteiger partial charge in [-0.2, -0.15) is 0 Å². The molecule has 0 saturated carbocycles. The molecular formula is C19H16N6O3. The van der Waals surface area contributed by atoms with Crippen molar-refractivity contribution < 1.29 is 9.53 Å². The first kappa shape index (κ1) is 17.5. The fraction of sp³-hybridized carbons (Fsp3) is 0.158. The zero-order valence-electron chi connectivity index (χ0n) is 14.7. The van der Waals surface area contributed by atoms with Gasteiger partial charge in [0.05, 0.1) is 10.9 Å². The molecule has 0 saturated heterocycles. The van der Waals surface area contributed by atoms with Crippen molar-refractivity contribution in [2.45, 2.75) is 19.1 Å². The molecule has 0 bridgehead atoms. The second-order valence-corrected chi connectivity index (χ2v) is 6.13. The van der Waals surface area contributed by atoms with Crippen LogP contribution in [0.25, 0.3) is 10.9 Å². The number of nitrogens with zero attached hydrogens (tertiary/aromatic N) is 5. The van der Waals surface area contributed by atoms with Crippen LogP contribution in [0.4, 0.5) is 0 Å². The van der Waals surface area contributed by atoms with Crippen LogP contribution >= 0.6 is 0 Å². The van der Waals surface area contributed by atoms with Crippen LogP contribution < -0.4 is 5.56 Å². The van der Waals surface area contributed by atoms with E-state index in [1.165, 1.54) is 11.0 Å². The smallest absolute Gasteiger partial charge is 0.331 e. The van der Waals surface area contributed by atoms with Crippen molar-refractivity contribution in [1.82, 2.24) is 30.2 Å². The minimum atomic E-state index is -0.732. The van der Waals surface area contributed by atoms with Crippen LogP contribution in [-0.2, 0) is 22.6 Å². The number of H-pyrrole nitrogens is 1. The lowest BCUT2D eigenvalue weighted by molar-refractivity contribution is -0.149. The lowest BCUT2D eigenvalue weighted by atomic mass is 10.1. The Hall–Kier alpha value is -3.88. The highest BCUT2D eigenvalue weighted by Gasteiger charge is 2.24. The molecule has 9 heteroatoms. The van der Waals surface area contributed by atoms with Crippen LogP contribution in [-0.4, -0.2) is 36.1 Å². The molecule has 0 aliphatic rings. The number of nitrogens with one attached hydrogen (secondary N) is 1. The molecule has 2 heterocycles. The van der Waals surface area contributed by atoms with Crippen molar-refractivity contribution in [1.29, 1.82) is 0 Å². The highest BCUT2D eigenvalue weighted by Crippen LogP contribution is 2.15. The summed E-state index contributed by atoms with van der Waals surface area (Å²) in [5, 5.41) is 11.5. The van der Waals surface area contributed by atoms with Crippen molar-refractivity contribution in [3.8, 4) is 0 Å². The first-order chi connectivity index (χ1) is 13.7. The summed E-state index contributed by atoms with van der Waals surface area (Å²) < 4.78 is 6.76. The second-order valence-electron chi connectivity index (χ2n) is 6.13. The van der Waals surface area contributed by atoms with Gasteiger partial charge in [-0.05, 0) is 28.1 Å². The molecular weight excluding hydrogens is 360 g/mol. The SMILES string of the molecule is O=C(OCc1nc2ccccc2c(=O)[nH]1)[C@@H](Cc1ccccc1)n1cnnn1. The van der Waals surface area contributed by atoms with Crippen molar-refractivity contribution in [2.75, 3.05) is 0 Å². The summed E-state index contributed by atoms with van der Waals surface area (Å²) in [6, 6.07) is 15.7. The third-order valence-electron chi connectivity index (χ3n) is 4.24. The fourth-order valence-electron chi connectivity index (χ4n) is 2.87. The van der Waals surface area contributed by atoms with Crippen LogP contribution in [0.2, 0.25) is 0 Å². The standard InChI is InChI=1S/C19H16N6O3/c26-18-14-8-4-5-9-15(14)21-17(22-18)11-28-19(27)16(25-12-20-23-24-25)10-13-6-2-1-3-7-13/h1-9,12,16H,10-11H2,(H,21,22,26)/t16-/m1/s1. The highest BCUT2D eigenvalue weighted by atomic mass is 16.5. The number of benzene rings is 2. The van der Waals surface area contributed by atoms with E-state index in [2.05, 4.69) is 25.5 Å². The van der Waals surface area contributed by atoms with E-state index in [1.54, 1.807) is 24.3 Å². The van der Waals surface area contributed by atoms with E-state index in [-0.39, 0.29) is 18.0 Å². The minimum absolute atomic E-state index is 0.160. The van der Waals surface area contributed by atoms with E-state index >= 15 is 0 Å². The largest absolute Gasteiger partial charge is 0.456 e. The third kappa shape index (κ3) is 3.78. The lowest BCUT2D eigenvalue weighted by Crippen LogP contribution is -2.25.